The summed E-state index contributed by atoms with van der Waals surface area (Å²) in [5.74, 6) is 0. The third-order valence-electron chi connectivity index (χ3n) is 4.80. The monoisotopic (exact) mass is 744 g/mol. The molecule has 0 aromatic carbocycles. The molecular formula is C25H38Cl6N6O3S2. The summed E-state index contributed by atoms with van der Waals surface area (Å²) in [4.78, 5) is 11.6. The second-order valence-corrected chi connectivity index (χ2v) is 16.5. The number of nitrogens with zero attached hydrogens (tertiary/aromatic N) is 6. The van der Waals surface area contributed by atoms with Crippen LogP contribution in [0.5, 0.6) is 0 Å². The molecule has 2 heterocycles. The Hall–Kier alpha value is -0.960. The quantitative estimate of drug-likeness (QED) is 0.139. The molecule has 2 rings (SSSR count). The Morgan fingerprint density at radius 2 is 1.36 bits per heavy atom. The number of rotatable bonds is 5. The van der Waals surface area contributed by atoms with E-state index in [0.717, 1.165) is 5.56 Å². The molecular weight excluding hydrogens is 709 g/mol. The van der Waals surface area contributed by atoms with Crippen LogP contribution in [0.25, 0.3) is 0 Å². The van der Waals surface area contributed by atoms with Gasteiger partial charge in [0.25, 0.3) is 0 Å². The van der Waals surface area contributed by atoms with Gasteiger partial charge in [0, 0.05) is 23.9 Å². The van der Waals surface area contributed by atoms with Gasteiger partial charge in [-0.15, -0.1) is 4.36 Å². The van der Waals surface area contributed by atoms with Gasteiger partial charge in [-0.1, -0.05) is 115 Å². The molecule has 240 valence electrons. The number of aromatic nitrogens is 2. The van der Waals surface area contributed by atoms with Crippen LogP contribution in [0.2, 0.25) is 0 Å². The fraction of sp³-hybridized carbons (Fsp3) is 0.520. The van der Waals surface area contributed by atoms with Crippen LogP contribution in [0.1, 0.15) is 76.1 Å². The topological polar surface area (TPSA) is 145 Å². The highest BCUT2D eigenvalue weighted by Gasteiger charge is 2.26. The number of alkyl halides is 6. The fourth-order valence-corrected chi connectivity index (χ4v) is 4.84. The van der Waals surface area contributed by atoms with Crippen LogP contribution in [-0.2, 0) is 32.9 Å². The number of hydrogen-bond donors (Lipinski definition) is 1. The summed E-state index contributed by atoms with van der Waals surface area (Å²) in [6.45, 7) is 5.77. The minimum atomic E-state index is -2.64. The first kappa shape index (κ1) is 48.0. The van der Waals surface area contributed by atoms with Crippen LogP contribution in [-0.4, -0.2) is 38.6 Å². The maximum Gasteiger partial charge on any atom is 0.232 e. The lowest BCUT2D eigenvalue weighted by Gasteiger charge is -2.14. The highest BCUT2D eigenvalue weighted by Crippen LogP contribution is 2.38. The molecule has 17 heteroatoms. The maximum atomic E-state index is 12.1. The molecule has 0 bridgehead atoms. The predicted molar refractivity (Wildman–Crippen MR) is 182 cm³/mol. The summed E-state index contributed by atoms with van der Waals surface area (Å²) in [7, 11) is -3.01. The molecule has 0 radical (unpaired) electrons. The normalized spacial score (nSPS) is 14.0. The highest BCUT2D eigenvalue weighted by atomic mass is 35.6. The Kier molecular flexibility index (Phi) is 25.7. The summed E-state index contributed by atoms with van der Waals surface area (Å²) >= 11 is 34.2. The van der Waals surface area contributed by atoms with Gasteiger partial charge in [-0.25, -0.2) is 9.10 Å². The Labute approximate surface area is 283 Å². The summed E-state index contributed by atoms with van der Waals surface area (Å²) in [5.41, 5.74) is 2.29. The van der Waals surface area contributed by atoms with Crippen molar-refractivity contribution in [3.05, 3.63) is 59.2 Å². The van der Waals surface area contributed by atoms with E-state index in [1.54, 1.807) is 44.4 Å². The largest absolute Gasteiger partial charge is 0.256 e. The molecule has 4 atom stereocenters. The van der Waals surface area contributed by atoms with Crippen LogP contribution in [0.15, 0.2) is 45.4 Å². The fourth-order valence-electron chi connectivity index (χ4n) is 2.38. The van der Waals surface area contributed by atoms with Gasteiger partial charge in [-0.3, -0.25) is 15.2 Å². The molecule has 4 unspecified atom stereocenters. The third kappa shape index (κ3) is 17.4. The van der Waals surface area contributed by atoms with Crippen molar-refractivity contribution in [3.63, 3.8) is 0 Å². The molecule has 1 N–H and O–H groups in total. The third-order valence-corrected chi connectivity index (χ3v) is 9.65. The summed E-state index contributed by atoms with van der Waals surface area (Å²) in [5, 5.41) is 24.0. The van der Waals surface area contributed by atoms with E-state index in [1.807, 2.05) is 25.4 Å². The minimum Gasteiger partial charge on any atom is -0.256 e. The molecule has 9 nitrogen and oxygen atoms in total. The summed E-state index contributed by atoms with van der Waals surface area (Å²) < 4.78 is 16.2. The standard InChI is InChI=1S/C10H10Cl3N3OS.C10H10Cl3N3S.C2H6O2.3CH4/c1-7(18(2,17)16-6-14)8-3-4-9(15-5-8)10(11,12)13;1-7(17(2)16-6-14)8-3-4-9(15-5-8)10(11,12)13;1-2-4-3;;;/h3-5,7H,1-2H3;3-5,7H,1-2H3;3H,2H2,1H3;3*1H4. The zero-order valence-electron chi connectivity index (χ0n) is 21.4. The summed E-state index contributed by atoms with van der Waals surface area (Å²) in [6, 6.07) is 6.71. The smallest absolute Gasteiger partial charge is 0.232 e. The minimum absolute atomic E-state index is 0. The van der Waals surface area contributed by atoms with Crippen molar-refractivity contribution >= 4 is 90.0 Å². The molecule has 0 aliphatic heterocycles. The number of halogens is 6. The lowest BCUT2D eigenvalue weighted by Crippen LogP contribution is -2.09. The van der Waals surface area contributed by atoms with Crippen molar-refractivity contribution in [1.82, 2.24) is 9.97 Å². The molecule has 0 saturated carbocycles. The molecule has 0 saturated heterocycles. The molecule has 2 aromatic heterocycles. The average molecular weight is 747 g/mol. The highest BCUT2D eigenvalue weighted by molar-refractivity contribution is 7.93. The van der Waals surface area contributed by atoms with Crippen molar-refractivity contribution in [2.24, 2.45) is 8.73 Å². The molecule has 0 aliphatic carbocycles. The van der Waals surface area contributed by atoms with E-state index in [1.165, 1.54) is 12.5 Å². The first-order chi connectivity index (χ1) is 18.0. The van der Waals surface area contributed by atoms with Gasteiger partial charge in [0.15, 0.2) is 0 Å². The van der Waals surface area contributed by atoms with Crippen LogP contribution in [0, 0.1) is 22.9 Å². The van der Waals surface area contributed by atoms with E-state index in [4.69, 9.17) is 85.4 Å². The van der Waals surface area contributed by atoms with Gasteiger partial charge in [0.2, 0.25) is 20.0 Å². The zero-order valence-corrected chi connectivity index (χ0v) is 27.5. The van der Waals surface area contributed by atoms with Crippen LogP contribution < -0.4 is 0 Å². The van der Waals surface area contributed by atoms with E-state index in [9.17, 15) is 4.21 Å². The molecule has 0 aliphatic rings. The molecule has 2 aromatic rings. The van der Waals surface area contributed by atoms with Crippen molar-refractivity contribution in [1.29, 1.82) is 10.5 Å². The van der Waals surface area contributed by atoms with Gasteiger partial charge in [0.1, 0.15) is 0 Å². The Morgan fingerprint density at radius 3 is 1.64 bits per heavy atom. The SMILES string of the molecule is C.C.C.CC(c1ccc(C(Cl)(Cl)Cl)nc1)S(C)(=O)=NC#N.CC(c1ccc(C(Cl)(Cl)Cl)nc1)S(C)=NC#N.CCOO. The van der Waals surface area contributed by atoms with E-state index >= 15 is 0 Å². The second kappa shape index (κ2) is 22.5. The van der Waals surface area contributed by atoms with Crippen LogP contribution >= 0.6 is 69.6 Å². The lowest BCUT2D eigenvalue weighted by atomic mass is 10.2. The lowest BCUT2D eigenvalue weighted by molar-refractivity contribution is -0.237. The van der Waals surface area contributed by atoms with Crippen molar-refractivity contribution in [2.45, 2.75) is 61.1 Å². The van der Waals surface area contributed by atoms with Crippen LogP contribution in [0.3, 0.4) is 0 Å². The first-order valence-corrected chi connectivity index (χ1v) is 16.5. The zero-order chi connectivity index (χ0) is 30.4. The second-order valence-electron chi connectivity index (χ2n) is 7.42. The number of nitriles is 2. The predicted octanol–water partition coefficient (Wildman–Crippen LogP) is 9.83. The maximum absolute atomic E-state index is 12.1. The Morgan fingerprint density at radius 1 is 0.952 bits per heavy atom. The van der Waals surface area contributed by atoms with Gasteiger partial charge in [-0.2, -0.15) is 14.9 Å². The van der Waals surface area contributed by atoms with Gasteiger partial charge in [-0.05, 0) is 50.3 Å². The van der Waals surface area contributed by atoms with Crippen molar-refractivity contribution in [3.8, 4) is 12.4 Å². The van der Waals surface area contributed by atoms with E-state index in [-0.39, 0.29) is 43.9 Å². The van der Waals surface area contributed by atoms with Gasteiger partial charge in [0.05, 0.1) is 33.0 Å². The van der Waals surface area contributed by atoms with Crippen molar-refractivity contribution < 1.29 is 14.4 Å². The Bertz CT molecular complexity index is 1280. The average Bonchev–Trinajstić information content (AvgIpc) is 2.87. The molecule has 0 fully saturated rings. The number of pyridine rings is 2. The molecule has 0 amide bonds. The van der Waals surface area contributed by atoms with Crippen molar-refractivity contribution in [2.75, 3.05) is 19.1 Å². The van der Waals surface area contributed by atoms with E-state index in [2.05, 4.69) is 23.6 Å². The van der Waals surface area contributed by atoms with Gasteiger partial charge >= 0.3 is 0 Å². The molecule has 42 heavy (non-hydrogen) atoms. The Balaban J connectivity index is -0.000000287. The number of hydrogen-bond acceptors (Lipinski definition) is 9. The summed E-state index contributed by atoms with van der Waals surface area (Å²) in [6.07, 6.45) is 9.81. The van der Waals surface area contributed by atoms with E-state index in [0.29, 0.717) is 17.9 Å². The van der Waals surface area contributed by atoms with Crippen LogP contribution in [0.4, 0.5) is 0 Å². The van der Waals surface area contributed by atoms with Gasteiger partial charge < -0.3 is 0 Å². The van der Waals surface area contributed by atoms with E-state index < -0.39 is 22.6 Å². The molecule has 0 spiro atoms. The first-order valence-electron chi connectivity index (χ1n) is 10.6.